The van der Waals surface area contributed by atoms with E-state index in [4.69, 9.17) is 28.1 Å². The molecule has 0 spiro atoms. The molecule has 0 aliphatic heterocycles. The number of hydrogen-bond donors (Lipinski definition) is 0. The Balaban J connectivity index is 1.73. The molecular weight excluding hydrogens is 380 g/mol. The average Bonchev–Trinajstić information content (AvgIpc) is 3.25. The topological polar surface area (TPSA) is 102 Å². The lowest BCUT2D eigenvalue weighted by Gasteiger charge is -2.12. The Morgan fingerprint density at radius 3 is 2.10 bits per heavy atom. The molecule has 0 saturated carbocycles. The second kappa shape index (κ2) is 8.96. The zero-order valence-corrected chi connectivity index (χ0v) is 16.4. The van der Waals surface area contributed by atoms with E-state index in [1.54, 1.807) is 43.5 Å². The van der Waals surface area contributed by atoms with E-state index in [0.717, 1.165) is 0 Å². The summed E-state index contributed by atoms with van der Waals surface area (Å²) in [6.45, 7) is -0.164. The monoisotopic (exact) mass is 400 g/mol. The van der Waals surface area contributed by atoms with Gasteiger partial charge in [-0.1, -0.05) is 0 Å². The van der Waals surface area contributed by atoms with Gasteiger partial charge in [0.25, 0.3) is 5.89 Å². The van der Waals surface area contributed by atoms with Gasteiger partial charge in [0.1, 0.15) is 5.75 Å². The fourth-order valence-corrected chi connectivity index (χ4v) is 2.57. The molecule has 0 aliphatic rings. The molecule has 0 unspecified atom stereocenters. The van der Waals surface area contributed by atoms with E-state index in [-0.39, 0.29) is 18.4 Å². The van der Waals surface area contributed by atoms with Crippen molar-refractivity contribution < 1.29 is 32.9 Å². The molecule has 0 fully saturated rings. The van der Waals surface area contributed by atoms with Crippen molar-refractivity contribution in [1.29, 1.82) is 0 Å². The smallest absolute Gasteiger partial charge is 0.338 e. The van der Waals surface area contributed by atoms with Crippen LogP contribution in [0.4, 0.5) is 0 Å². The van der Waals surface area contributed by atoms with Crippen molar-refractivity contribution in [3.63, 3.8) is 0 Å². The Kier molecular flexibility index (Phi) is 6.18. The summed E-state index contributed by atoms with van der Waals surface area (Å²) in [6.07, 6.45) is 0. The number of benzene rings is 2. The van der Waals surface area contributed by atoms with Crippen LogP contribution >= 0.6 is 0 Å². The molecule has 0 amide bonds. The summed E-state index contributed by atoms with van der Waals surface area (Å²) in [5, 5.41) is 7.90. The van der Waals surface area contributed by atoms with Gasteiger partial charge in [-0.2, -0.15) is 0 Å². The van der Waals surface area contributed by atoms with Gasteiger partial charge in [0.2, 0.25) is 11.6 Å². The molecule has 2 aromatic carbocycles. The van der Waals surface area contributed by atoms with Gasteiger partial charge in [-0.3, -0.25) is 0 Å². The highest BCUT2D eigenvalue weighted by molar-refractivity contribution is 5.89. The second-order valence-electron chi connectivity index (χ2n) is 5.72. The van der Waals surface area contributed by atoms with Crippen molar-refractivity contribution >= 4 is 5.97 Å². The number of carbonyl (C=O) groups is 1. The van der Waals surface area contributed by atoms with Gasteiger partial charge in [-0.15, -0.1) is 10.2 Å². The van der Waals surface area contributed by atoms with E-state index < -0.39 is 5.97 Å². The molecule has 9 heteroatoms. The predicted octanol–water partition coefficient (Wildman–Crippen LogP) is 3.13. The molecule has 152 valence electrons. The number of nitrogens with zero attached hydrogens (tertiary/aromatic N) is 2. The van der Waals surface area contributed by atoms with Crippen molar-refractivity contribution in [3.8, 4) is 34.5 Å². The minimum atomic E-state index is -0.514. The van der Waals surface area contributed by atoms with Gasteiger partial charge in [0.05, 0.1) is 34.0 Å². The summed E-state index contributed by atoms with van der Waals surface area (Å²) in [5.41, 5.74) is 0.954. The lowest BCUT2D eigenvalue weighted by atomic mass is 10.2. The maximum Gasteiger partial charge on any atom is 0.338 e. The van der Waals surface area contributed by atoms with E-state index in [0.29, 0.717) is 34.1 Å². The minimum absolute atomic E-state index is 0.149. The van der Waals surface area contributed by atoms with Crippen LogP contribution in [0, 0.1) is 0 Å². The van der Waals surface area contributed by atoms with Crippen LogP contribution in [0.5, 0.6) is 23.0 Å². The van der Waals surface area contributed by atoms with Gasteiger partial charge in [0.15, 0.2) is 18.1 Å². The van der Waals surface area contributed by atoms with E-state index in [1.807, 2.05) is 0 Å². The number of hydrogen-bond acceptors (Lipinski definition) is 9. The number of aromatic nitrogens is 2. The number of carbonyl (C=O) groups excluding carboxylic acids is 1. The molecule has 0 atom stereocenters. The zero-order valence-electron chi connectivity index (χ0n) is 16.4. The first-order chi connectivity index (χ1) is 14.1. The van der Waals surface area contributed by atoms with Gasteiger partial charge in [-0.05, 0) is 36.4 Å². The quantitative estimate of drug-likeness (QED) is 0.528. The summed E-state index contributed by atoms with van der Waals surface area (Å²) in [6, 6.07) is 9.92. The third-order valence-electron chi connectivity index (χ3n) is 4.03. The Hall–Kier alpha value is -3.75. The van der Waals surface area contributed by atoms with Crippen molar-refractivity contribution in [1.82, 2.24) is 10.2 Å². The number of rotatable bonds is 8. The van der Waals surface area contributed by atoms with Gasteiger partial charge in [-0.25, -0.2) is 4.79 Å². The molecule has 0 radical (unpaired) electrons. The highest BCUT2D eigenvalue weighted by Crippen LogP contribution is 2.40. The fraction of sp³-hybridized carbons (Fsp3) is 0.250. The highest BCUT2D eigenvalue weighted by atomic mass is 16.5. The summed E-state index contributed by atoms with van der Waals surface area (Å²) >= 11 is 0. The van der Waals surface area contributed by atoms with Crippen LogP contribution in [0.2, 0.25) is 0 Å². The van der Waals surface area contributed by atoms with Crippen LogP contribution in [0.15, 0.2) is 40.8 Å². The van der Waals surface area contributed by atoms with Crippen molar-refractivity contribution in [2.24, 2.45) is 0 Å². The largest absolute Gasteiger partial charge is 0.497 e. The Morgan fingerprint density at radius 1 is 0.897 bits per heavy atom. The van der Waals surface area contributed by atoms with E-state index in [1.165, 1.54) is 21.3 Å². The third-order valence-corrected chi connectivity index (χ3v) is 4.03. The molecule has 29 heavy (non-hydrogen) atoms. The molecule has 0 aliphatic carbocycles. The van der Waals surface area contributed by atoms with Crippen LogP contribution in [0.3, 0.4) is 0 Å². The number of ether oxygens (including phenoxy) is 5. The maximum absolute atomic E-state index is 12.1. The molecule has 3 aromatic rings. The Morgan fingerprint density at radius 2 is 1.55 bits per heavy atom. The molecule has 1 aromatic heterocycles. The van der Waals surface area contributed by atoms with Crippen molar-refractivity contribution in [3.05, 3.63) is 47.9 Å². The van der Waals surface area contributed by atoms with E-state index >= 15 is 0 Å². The zero-order chi connectivity index (χ0) is 20.8. The molecule has 0 N–H and O–H groups in total. The third kappa shape index (κ3) is 4.40. The van der Waals surface area contributed by atoms with Crippen molar-refractivity contribution in [2.75, 3.05) is 28.4 Å². The van der Waals surface area contributed by atoms with Crippen LogP contribution in [-0.4, -0.2) is 44.6 Å². The molecular formula is C20H20N2O7. The van der Waals surface area contributed by atoms with Gasteiger partial charge in [0, 0.05) is 5.56 Å². The normalized spacial score (nSPS) is 10.3. The van der Waals surface area contributed by atoms with E-state index in [9.17, 15) is 4.79 Å². The molecule has 0 saturated heterocycles. The standard InChI is InChI=1S/C20H20N2O7/c1-24-14-7-5-12(6-8-14)20(23)28-11-17-21-22-19(29-17)13-9-15(25-2)18(27-4)16(10-13)26-3/h5-10H,11H2,1-4H3. The second-order valence-corrected chi connectivity index (χ2v) is 5.72. The van der Waals surface area contributed by atoms with Gasteiger partial charge >= 0.3 is 5.97 Å². The summed E-state index contributed by atoms with van der Waals surface area (Å²) in [4.78, 5) is 12.1. The first-order valence-corrected chi connectivity index (χ1v) is 8.53. The number of esters is 1. The first-order valence-electron chi connectivity index (χ1n) is 8.53. The first kappa shape index (κ1) is 20.0. The molecule has 9 nitrogen and oxygen atoms in total. The maximum atomic E-state index is 12.1. The van der Waals surface area contributed by atoms with E-state index in [2.05, 4.69) is 10.2 Å². The van der Waals surface area contributed by atoms with Gasteiger partial charge < -0.3 is 28.1 Å². The van der Waals surface area contributed by atoms with Crippen LogP contribution in [0.25, 0.3) is 11.5 Å². The van der Waals surface area contributed by atoms with Crippen LogP contribution in [-0.2, 0) is 11.3 Å². The molecule has 3 rings (SSSR count). The number of methoxy groups -OCH3 is 4. The average molecular weight is 400 g/mol. The lowest BCUT2D eigenvalue weighted by molar-refractivity contribution is 0.0438. The fourth-order valence-electron chi connectivity index (χ4n) is 2.57. The highest BCUT2D eigenvalue weighted by Gasteiger charge is 2.18. The Bertz CT molecular complexity index is 958. The summed E-state index contributed by atoms with van der Waals surface area (Å²) in [5.74, 6) is 1.86. The summed E-state index contributed by atoms with van der Waals surface area (Å²) < 4.78 is 31.8. The summed E-state index contributed by atoms with van der Waals surface area (Å²) in [7, 11) is 6.09. The molecule has 1 heterocycles. The minimum Gasteiger partial charge on any atom is -0.497 e. The predicted molar refractivity (Wildman–Crippen MR) is 102 cm³/mol. The Labute approximate surface area is 167 Å². The molecule has 0 bridgehead atoms. The van der Waals surface area contributed by atoms with Crippen molar-refractivity contribution in [2.45, 2.75) is 6.61 Å². The lowest BCUT2D eigenvalue weighted by Crippen LogP contribution is -2.05. The van der Waals surface area contributed by atoms with Crippen LogP contribution in [0.1, 0.15) is 16.2 Å². The SMILES string of the molecule is COc1ccc(C(=O)OCc2nnc(-c3cc(OC)c(OC)c(OC)c3)o2)cc1. The van der Waals surface area contributed by atoms with Crippen LogP contribution < -0.4 is 18.9 Å².